The molecular formula is C25H27NO3S. The molecule has 0 radical (unpaired) electrons. The summed E-state index contributed by atoms with van der Waals surface area (Å²) < 4.78 is 11.3. The highest BCUT2D eigenvalue weighted by atomic mass is 32.2. The van der Waals surface area contributed by atoms with Crippen molar-refractivity contribution in [3.63, 3.8) is 0 Å². The largest absolute Gasteiger partial charge is 0.494 e. The minimum absolute atomic E-state index is 0.00823. The van der Waals surface area contributed by atoms with Crippen LogP contribution in [0.4, 0.5) is 0 Å². The van der Waals surface area contributed by atoms with Gasteiger partial charge in [0, 0.05) is 11.4 Å². The van der Waals surface area contributed by atoms with Gasteiger partial charge in [0.15, 0.2) is 0 Å². The van der Waals surface area contributed by atoms with Gasteiger partial charge in [-0.05, 0) is 47.9 Å². The summed E-state index contributed by atoms with van der Waals surface area (Å²) in [5.41, 5.74) is 3.31. The van der Waals surface area contributed by atoms with Crippen molar-refractivity contribution in [1.29, 1.82) is 0 Å². The summed E-state index contributed by atoms with van der Waals surface area (Å²) >= 11 is 1.51. The maximum absolute atomic E-state index is 12.3. The lowest BCUT2D eigenvalue weighted by molar-refractivity contribution is -0.118. The van der Waals surface area contributed by atoms with Crippen molar-refractivity contribution in [1.82, 2.24) is 5.32 Å². The fraction of sp³-hybridized carbons (Fsp3) is 0.240. The van der Waals surface area contributed by atoms with Gasteiger partial charge in [-0.3, -0.25) is 4.79 Å². The van der Waals surface area contributed by atoms with Crippen molar-refractivity contribution in [2.45, 2.75) is 31.6 Å². The Morgan fingerprint density at radius 2 is 1.57 bits per heavy atom. The lowest BCUT2D eigenvalue weighted by Gasteiger charge is -2.11. The van der Waals surface area contributed by atoms with E-state index >= 15 is 0 Å². The molecule has 3 aromatic rings. The first kappa shape index (κ1) is 21.9. The summed E-state index contributed by atoms with van der Waals surface area (Å²) in [5, 5.41) is 3.01. The first-order valence-electron chi connectivity index (χ1n) is 10.1. The fourth-order valence-electron chi connectivity index (χ4n) is 2.92. The minimum Gasteiger partial charge on any atom is -0.494 e. The molecule has 0 saturated carbocycles. The van der Waals surface area contributed by atoms with Crippen LogP contribution in [-0.2, 0) is 29.3 Å². The third-order valence-electron chi connectivity index (χ3n) is 4.47. The maximum Gasteiger partial charge on any atom is 0.230 e. The summed E-state index contributed by atoms with van der Waals surface area (Å²) in [6.45, 7) is 4.18. The van der Waals surface area contributed by atoms with Crippen molar-refractivity contribution < 1.29 is 14.3 Å². The Hall–Kier alpha value is -2.76. The summed E-state index contributed by atoms with van der Waals surface area (Å²) in [5.74, 6) is 1.23. The van der Waals surface area contributed by atoms with Crippen LogP contribution in [0.15, 0.2) is 83.8 Å². The topological polar surface area (TPSA) is 47.6 Å². The standard InChI is InChI=1S/C25H27NO3S/c1-2-29-23-12-14-24(15-13-23)30-19-25(27)26-16-21-10-6-7-11-22(21)18-28-17-20-8-4-3-5-9-20/h3-15H,2,16-19H2,1H3,(H,26,27). The highest BCUT2D eigenvalue weighted by molar-refractivity contribution is 8.00. The second-order valence-corrected chi connectivity index (χ2v) is 7.77. The molecule has 1 N–H and O–H groups in total. The molecule has 0 saturated heterocycles. The van der Waals surface area contributed by atoms with Crippen LogP contribution in [0.2, 0.25) is 0 Å². The molecule has 0 unspecified atom stereocenters. The number of carbonyl (C=O) groups excluding carboxylic acids is 1. The lowest BCUT2D eigenvalue weighted by atomic mass is 10.1. The highest BCUT2D eigenvalue weighted by Gasteiger charge is 2.07. The Balaban J connectivity index is 1.44. The molecule has 1 amide bonds. The average Bonchev–Trinajstić information content (AvgIpc) is 2.79. The van der Waals surface area contributed by atoms with E-state index in [1.807, 2.05) is 85.8 Å². The Labute approximate surface area is 182 Å². The molecule has 5 heteroatoms. The van der Waals surface area contributed by atoms with Crippen LogP contribution in [0.25, 0.3) is 0 Å². The van der Waals surface area contributed by atoms with E-state index in [4.69, 9.17) is 9.47 Å². The number of nitrogens with one attached hydrogen (secondary N) is 1. The third kappa shape index (κ3) is 7.25. The lowest BCUT2D eigenvalue weighted by Crippen LogP contribution is -2.25. The molecule has 0 aliphatic rings. The summed E-state index contributed by atoms with van der Waals surface area (Å²) in [6, 6.07) is 26.0. The second kappa shape index (κ2) is 12.1. The van der Waals surface area contributed by atoms with Gasteiger partial charge < -0.3 is 14.8 Å². The van der Waals surface area contributed by atoms with E-state index < -0.39 is 0 Å². The van der Waals surface area contributed by atoms with Gasteiger partial charge in [0.2, 0.25) is 5.91 Å². The van der Waals surface area contributed by atoms with Gasteiger partial charge in [-0.25, -0.2) is 0 Å². The molecule has 4 nitrogen and oxygen atoms in total. The molecule has 3 aromatic carbocycles. The van der Waals surface area contributed by atoms with Gasteiger partial charge >= 0.3 is 0 Å². The van der Waals surface area contributed by atoms with Crippen LogP contribution < -0.4 is 10.1 Å². The number of thioether (sulfide) groups is 1. The smallest absolute Gasteiger partial charge is 0.230 e. The number of hydrogen-bond donors (Lipinski definition) is 1. The van der Waals surface area contributed by atoms with E-state index in [1.165, 1.54) is 11.8 Å². The van der Waals surface area contributed by atoms with Crippen molar-refractivity contribution in [2.24, 2.45) is 0 Å². The first-order valence-corrected chi connectivity index (χ1v) is 11.0. The van der Waals surface area contributed by atoms with Crippen LogP contribution in [0.5, 0.6) is 5.75 Å². The third-order valence-corrected chi connectivity index (χ3v) is 5.48. The molecule has 0 aromatic heterocycles. The maximum atomic E-state index is 12.3. The molecule has 0 aliphatic heterocycles. The second-order valence-electron chi connectivity index (χ2n) is 6.72. The Bertz CT molecular complexity index is 913. The Morgan fingerprint density at radius 1 is 0.867 bits per heavy atom. The molecule has 3 rings (SSSR count). The molecule has 0 spiro atoms. The first-order chi connectivity index (χ1) is 14.7. The van der Waals surface area contributed by atoms with E-state index in [-0.39, 0.29) is 5.91 Å². The fourth-order valence-corrected chi connectivity index (χ4v) is 3.64. The number of amides is 1. The highest BCUT2D eigenvalue weighted by Crippen LogP contribution is 2.21. The zero-order valence-electron chi connectivity index (χ0n) is 17.2. The van der Waals surface area contributed by atoms with Crippen molar-refractivity contribution in [2.75, 3.05) is 12.4 Å². The molecule has 0 bridgehead atoms. The quantitative estimate of drug-likeness (QED) is 0.432. The van der Waals surface area contributed by atoms with Crippen molar-refractivity contribution in [3.8, 4) is 5.75 Å². The van der Waals surface area contributed by atoms with Crippen molar-refractivity contribution in [3.05, 3.63) is 95.6 Å². The molecule has 30 heavy (non-hydrogen) atoms. The Morgan fingerprint density at radius 3 is 2.30 bits per heavy atom. The number of hydrogen-bond acceptors (Lipinski definition) is 4. The van der Waals surface area contributed by atoms with Crippen LogP contribution >= 0.6 is 11.8 Å². The van der Waals surface area contributed by atoms with Gasteiger partial charge in [0.1, 0.15) is 5.75 Å². The van der Waals surface area contributed by atoms with E-state index in [0.29, 0.717) is 32.1 Å². The van der Waals surface area contributed by atoms with Gasteiger partial charge in [-0.15, -0.1) is 11.8 Å². The van der Waals surface area contributed by atoms with Gasteiger partial charge in [-0.1, -0.05) is 54.6 Å². The monoisotopic (exact) mass is 421 g/mol. The molecular weight excluding hydrogens is 394 g/mol. The summed E-state index contributed by atoms with van der Waals surface area (Å²) in [7, 11) is 0. The zero-order valence-corrected chi connectivity index (χ0v) is 18.0. The predicted octanol–water partition coefficient (Wildman–Crippen LogP) is 5.21. The van der Waals surface area contributed by atoms with E-state index in [1.54, 1.807) is 0 Å². The van der Waals surface area contributed by atoms with E-state index in [0.717, 1.165) is 27.3 Å². The SMILES string of the molecule is CCOc1ccc(SCC(=O)NCc2ccccc2COCc2ccccc2)cc1. The number of ether oxygens (including phenoxy) is 2. The zero-order chi connectivity index (χ0) is 21.0. The Kier molecular flexibility index (Phi) is 8.81. The number of benzene rings is 3. The van der Waals surface area contributed by atoms with Crippen LogP contribution in [0.3, 0.4) is 0 Å². The molecule has 0 atom stereocenters. The summed E-state index contributed by atoms with van der Waals surface area (Å²) in [6.07, 6.45) is 0. The molecule has 0 heterocycles. The molecule has 0 aliphatic carbocycles. The molecule has 156 valence electrons. The van der Waals surface area contributed by atoms with E-state index in [2.05, 4.69) is 5.32 Å². The van der Waals surface area contributed by atoms with Crippen molar-refractivity contribution >= 4 is 17.7 Å². The van der Waals surface area contributed by atoms with E-state index in [9.17, 15) is 4.79 Å². The predicted molar refractivity (Wildman–Crippen MR) is 122 cm³/mol. The van der Waals surface area contributed by atoms with Gasteiger partial charge in [0.05, 0.1) is 25.6 Å². The summed E-state index contributed by atoms with van der Waals surface area (Å²) in [4.78, 5) is 13.3. The minimum atomic E-state index is 0.00823. The molecule has 0 fully saturated rings. The average molecular weight is 422 g/mol. The normalized spacial score (nSPS) is 10.6. The van der Waals surface area contributed by atoms with Crippen LogP contribution in [0.1, 0.15) is 23.6 Å². The van der Waals surface area contributed by atoms with Gasteiger partial charge in [0.25, 0.3) is 0 Å². The van der Waals surface area contributed by atoms with Crippen LogP contribution in [0, 0.1) is 0 Å². The van der Waals surface area contributed by atoms with Crippen LogP contribution in [-0.4, -0.2) is 18.3 Å². The number of carbonyl (C=O) groups is 1. The van der Waals surface area contributed by atoms with Gasteiger partial charge in [-0.2, -0.15) is 0 Å². The number of rotatable bonds is 11.